The number of likely N-dealkylation sites (tertiary alicyclic amines) is 1. The molecule has 0 bridgehead atoms. The fourth-order valence-electron chi connectivity index (χ4n) is 3.62. The monoisotopic (exact) mass is 351 g/mol. The number of thiazole rings is 1. The average Bonchev–Trinajstić information content (AvgIpc) is 3.11. The van der Waals surface area contributed by atoms with E-state index in [0.29, 0.717) is 24.7 Å². The highest BCUT2D eigenvalue weighted by Gasteiger charge is 2.26. The highest BCUT2D eigenvalue weighted by molar-refractivity contribution is 7.09. The van der Waals surface area contributed by atoms with Crippen LogP contribution in [0.1, 0.15) is 66.4 Å². The van der Waals surface area contributed by atoms with E-state index in [2.05, 4.69) is 10.3 Å². The Kier molecular flexibility index (Phi) is 5.71. The molecule has 0 unspecified atom stereocenters. The van der Waals surface area contributed by atoms with Crippen LogP contribution in [0.15, 0.2) is 5.38 Å². The molecule has 0 atom stereocenters. The molecule has 2 aliphatic rings. The van der Waals surface area contributed by atoms with Gasteiger partial charge in [0, 0.05) is 30.9 Å². The van der Waals surface area contributed by atoms with Crippen molar-refractivity contribution in [3.8, 4) is 0 Å². The van der Waals surface area contributed by atoms with Crippen molar-refractivity contribution in [1.29, 1.82) is 0 Å². The van der Waals surface area contributed by atoms with Crippen LogP contribution in [0.5, 0.6) is 0 Å². The van der Waals surface area contributed by atoms with Crippen molar-refractivity contribution in [1.82, 2.24) is 15.2 Å². The molecule has 2 fully saturated rings. The number of hydrogen-bond acceptors (Lipinski definition) is 4. The summed E-state index contributed by atoms with van der Waals surface area (Å²) in [5, 5.41) is 14.8. The molecular formula is C17H25N3O3S. The SMILES string of the molecule is O=C(NCC1CCCCC1)c1csc(C2CCN(C(=O)O)CC2)n1. The van der Waals surface area contributed by atoms with Crippen LogP contribution in [0.3, 0.4) is 0 Å². The third-order valence-corrected chi connectivity index (χ3v) is 6.15. The summed E-state index contributed by atoms with van der Waals surface area (Å²) in [6.45, 7) is 1.84. The summed E-state index contributed by atoms with van der Waals surface area (Å²) >= 11 is 1.52. The largest absolute Gasteiger partial charge is 0.465 e. The molecule has 24 heavy (non-hydrogen) atoms. The number of carboxylic acid groups (broad SMARTS) is 1. The Balaban J connectivity index is 1.49. The number of piperidine rings is 1. The van der Waals surface area contributed by atoms with Crippen molar-refractivity contribution in [2.75, 3.05) is 19.6 Å². The van der Waals surface area contributed by atoms with Gasteiger partial charge in [0.15, 0.2) is 0 Å². The van der Waals surface area contributed by atoms with E-state index in [4.69, 9.17) is 5.11 Å². The number of carbonyl (C=O) groups is 2. The zero-order valence-electron chi connectivity index (χ0n) is 13.9. The molecule has 0 radical (unpaired) electrons. The molecule has 2 heterocycles. The van der Waals surface area contributed by atoms with Crippen LogP contribution in [-0.2, 0) is 0 Å². The lowest BCUT2D eigenvalue weighted by Gasteiger charge is -2.28. The van der Waals surface area contributed by atoms with Crippen molar-refractivity contribution in [2.45, 2.75) is 50.9 Å². The third kappa shape index (κ3) is 4.26. The fourth-order valence-corrected chi connectivity index (χ4v) is 4.59. The lowest BCUT2D eigenvalue weighted by molar-refractivity contribution is 0.0939. The van der Waals surface area contributed by atoms with Crippen LogP contribution in [0.25, 0.3) is 0 Å². The minimum atomic E-state index is -0.852. The zero-order valence-corrected chi connectivity index (χ0v) is 14.7. The molecular weight excluding hydrogens is 326 g/mol. The first-order chi connectivity index (χ1) is 11.6. The second-order valence-electron chi connectivity index (χ2n) is 6.83. The van der Waals surface area contributed by atoms with Gasteiger partial charge >= 0.3 is 6.09 Å². The normalized spacial score (nSPS) is 20.1. The molecule has 132 valence electrons. The van der Waals surface area contributed by atoms with Gasteiger partial charge in [-0.25, -0.2) is 9.78 Å². The lowest BCUT2D eigenvalue weighted by Crippen LogP contribution is -2.36. The summed E-state index contributed by atoms with van der Waals surface area (Å²) in [5.74, 6) is 0.803. The second-order valence-corrected chi connectivity index (χ2v) is 7.72. The van der Waals surface area contributed by atoms with Gasteiger partial charge in [-0.1, -0.05) is 19.3 Å². The number of amides is 2. The van der Waals surface area contributed by atoms with Crippen LogP contribution in [0.2, 0.25) is 0 Å². The first-order valence-corrected chi connectivity index (χ1v) is 9.73. The van der Waals surface area contributed by atoms with Gasteiger partial charge in [0.1, 0.15) is 5.69 Å². The summed E-state index contributed by atoms with van der Waals surface area (Å²) in [7, 11) is 0. The number of hydrogen-bond donors (Lipinski definition) is 2. The van der Waals surface area contributed by atoms with E-state index < -0.39 is 6.09 Å². The highest BCUT2D eigenvalue weighted by atomic mass is 32.1. The van der Waals surface area contributed by atoms with E-state index in [9.17, 15) is 9.59 Å². The van der Waals surface area contributed by atoms with Crippen LogP contribution in [0.4, 0.5) is 4.79 Å². The van der Waals surface area contributed by atoms with Gasteiger partial charge in [-0.15, -0.1) is 11.3 Å². The molecule has 2 amide bonds. The third-order valence-electron chi connectivity index (χ3n) is 5.15. The summed E-state index contributed by atoms with van der Waals surface area (Å²) in [6, 6.07) is 0. The molecule has 6 nitrogen and oxygen atoms in total. The smallest absolute Gasteiger partial charge is 0.407 e. The lowest BCUT2D eigenvalue weighted by atomic mass is 9.89. The first-order valence-electron chi connectivity index (χ1n) is 8.85. The van der Waals surface area contributed by atoms with Gasteiger partial charge in [0.2, 0.25) is 0 Å². The molecule has 0 aromatic carbocycles. The second kappa shape index (κ2) is 7.96. The Hall–Kier alpha value is -1.63. The predicted molar refractivity (Wildman–Crippen MR) is 92.6 cm³/mol. The molecule has 1 saturated carbocycles. The van der Waals surface area contributed by atoms with Crippen molar-refractivity contribution >= 4 is 23.3 Å². The average molecular weight is 351 g/mol. The van der Waals surface area contributed by atoms with Gasteiger partial charge in [0.25, 0.3) is 5.91 Å². The number of carbonyl (C=O) groups excluding carboxylic acids is 1. The minimum absolute atomic E-state index is 0.0777. The van der Waals surface area contributed by atoms with Crippen molar-refractivity contribution in [3.63, 3.8) is 0 Å². The fraction of sp³-hybridized carbons (Fsp3) is 0.706. The summed E-state index contributed by atoms with van der Waals surface area (Å²) in [6.07, 6.45) is 7.00. The van der Waals surface area contributed by atoms with Crippen molar-refractivity contribution in [3.05, 3.63) is 16.1 Å². The number of nitrogens with one attached hydrogen (secondary N) is 1. The van der Waals surface area contributed by atoms with Gasteiger partial charge < -0.3 is 15.3 Å². The van der Waals surface area contributed by atoms with Crippen molar-refractivity contribution < 1.29 is 14.7 Å². The van der Waals surface area contributed by atoms with E-state index in [1.165, 1.54) is 48.3 Å². The molecule has 0 spiro atoms. The Morgan fingerprint density at radius 3 is 2.58 bits per heavy atom. The van der Waals surface area contributed by atoms with Crippen LogP contribution < -0.4 is 5.32 Å². The molecule has 1 aromatic heterocycles. The van der Waals surface area contributed by atoms with E-state index in [1.807, 2.05) is 5.38 Å². The first kappa shape index (κ1) is 17.2. The van der Waals surface area contributed by atoms with Gasteiger partial charge in [-0.2, -0.15) is 0 Å². The van der Waals surface area contributed by atoms with Crippen LogP contribution in [-0.4, -0.2) is 46.6 Å². The minimum Gasteiger partial charge on any atom is -0.465 e. The maximum atomic E-state index is 12.3. The number of rotatable bonds is 4. The number of aromatic nitrogens is 1. The number of nitrogens with zero attached hydrogens (tertiary/aromatic N) is 2. The van der Waals surface area contributed by atoms with Crippen LogP contribution in [0, 0.1) is 5.92 Å². The summed E-state index contributed by atoms with van der Waals surface area (Å²) in [4.78, 5) is 29.2. The van der Waals surface area contributed by atoms with Crippen LogP contribution >= 0.6 is 11.3 Å². The molecule has 7 heteroatoms. The Labute approximate surface area is 146 Å². The van der Waals surface area contributed by atoms with Gasteiger partial charge in [-0.3, -0.25) is 4.79 Å². The quantitative estimate of drug-likeness (QED) is 0.872. The van der Waals surface area contributed by atoms with Gasteiger partial charge in [0.05, 0.1) is 5.01 Å². The molecule has 1 aliphatic heterocycles. The topological polar surface area (TPSA) is 82.5 Å². The van der Waals surface area contributed by atoms with E-state index in [-0.39, 0.29) is 11.8 Å². The standard InChI is InChI=1S/C17H25N3O3S/c21-15(18-10-12-4-2-1-3-5-12)14-11-24-16(19-14)13-6-8-20(9-7-13)17(22)23/h11-13H,1-10H2,(H,18,21)(H,22,23). The Morgan fingerprint density at radius 2 is 1.92 bits per heavy atom. The predicted octanol–water partition coefficient (Wildman–Crippen LogP) is 3.31. The zero-order chi connectivity index (χ0) is 16.9. The molecule has 1 saturated heterocycles. The summed E-state index contributed by atoms with van der Waals surface area (Å²) < 4.78 is 0. The van der Waals surface area contributed by atoms with E-state index >= 15 is 0 Å². The highest BCUT2D eigenvalue weighted by Crippen LogP contribution is 2.30. The van der Waals surface area contributed by atoms with E-state index in [0.717, 1.165) is 24.4 Å². The molecule has 3 rings (SSSR count). The maximum absolute atomic E-state index is 12.3. The van der Waals surface area contributed by atoms with E-state index in [1.54, 1.807) is 0 Å². The van der Waals surface area contributed by atoms with Gasteiger partial charge in [-0.05, 0) is 31.6 Å². The Bertz CT molecular complexity index is 575. The molecule has 1 aromatic rings. The maximum Gasteiger partial charge on any atom is 0.407 e. The van der Waals surface area contributed by atoms with Crippen molar-refractivity contribution in [2.24, 2.45) is 5.92 Å². The Morgan fingerprint density at radius 1 is 1.21 bits per heavy atom. The molecule has 1 aliphatic carbocycles. The summed E-state index contributed by atoms with van der Waals surface area (Å²) in [5.41, 5.74) is 0.506. The molecule has 2 N–H and O–H groups in total.